The second kappa shape index (κ2) is 8.01. The van der Waals surface area contributed by atoms with Crippen LogP contribution in [-0.2, 0) is 16.0 Å². The van der Waals surface area contributed by atoms with Gasteiger partial charge in [-0.15, -0.1) is 0 Å². The Morgan fingerprint density at radius 2 is 1.80 bits per heavy atom. The summed E-state index contributed by atoms with van der Waals surface area (Å²) in [5.74, 6) is -0.563. The summed E-state index contributed by atoms with van der Waals surface area (Å²) in [4.78, 5) is 25.2. The Kier molecular flexibility index (Phi) is 5.79. The molecule has 0 spiro atoms. The van der Waals surface area contributed by atoms with Crippen LogP contribution in [0, 0.1) is 13.8 Å². The van der Waals surface area contributed by atoms with Gasteiger partial charge >= 0.3 is 12.1 Å². The van der Waals surface area contributed by atoms with E-state index in [0.29, 0.717) is 12.2 Å². The highest BCUT2D eigenvalue weighted by Gasteiger charge is 2.53. The van der Waals surface area contributed by atoms with Gasteiger partial charge in [0.05, 0.1) is 0 Å². The Labute approximate surface area is 177 Å². The van der Waals surface area contributed by atoms with Crippen LogP contribution in [0.25, 0.3) is 0 Å². The zero-order valence-corrected chi connectivity index (χ0v) is 18.1. The van der Waals surface area contributed by atoms with Crippen LogP contribution in [0.4, 0.5) is 4.79 Å². The number of hydrogen-bond acceptors (Lipinski definition) is 4. The molecule has 0 saturated carbocycles. The molecule has 3 rings (SSSR count). The summed E-state index contributed by atoms with van der Waals surface area (Å²) >= 11 is 0. The minimum Gasteiger partial charge on any atom is -0.482 e. The molecular formula is C24H29NO5. The van der Waals surface area contributed by atoms with Gasteiger partial charge < -0.3 is 19.9 Å². The van der Waals surface area contributed by atoms with Crippen molar-refractivity contribution >= 4 is 12.1 Å². The van der Waals surface area contributed by atoms with E-state index in [9.17, 15) is 14.7 Å². The van der Waals surface area contributed by atoms with Gasteiger partial charge in [0.1, 0.15) is 11.4 Å². The summed E-state index contributed by atoms with van der Waals surface area (Å²) in [5.41, 5.74) is 1.32. The number of hydrogen-bond donors (Lipinski definition) is 2. The molecule has 0 aliphatic heterocycles. The maximum absolute atomic E-state index is 12.6. The van der Waals surface area contributed by atoms with Crippen LogP contribution in [0.15, 0.2) is 42.5 Å². The molecule has 0 radical (unpaired) electrons. The number of benzene rings is 2. The number of carbonyl (C=O) groups is 2. The van der Waals surface area contributed by atoms with Gasteiger partial charge in [0, 0.05) is 0 Å². The lowest BCUT2D eigenvalue weighted by molar-refractivity contribution is -0.150. The van der Waals surface area contributed by atoms with E-state index in [0.717, 1.165) is 22.3 Å². The maximum atomic E-state index is 12.6. The molecule has 2 aromatic carbocycles. The highest BCUT2D eigenvalue weighted by atomic mass is 16.6. The molecule has 0 saturated heterocycles. The van der Waals surface area contributed by atoms with E-state index >= 15 is 0 Å². The topological polar surface area (TPSA) is 84.9 Å². The van der Waals surface area contributed by atoms with Crippen molar-refractivity contribution < 1.29 is 24.2 Å². The van der Waals surface area contributed by atoms with Gasteiger partial charge in [-0.25, -0.2) is 9.59 Å². The normalized spacial score (nSPS) is 20.8. The molecule has 2 unspecified atom stereocenters. The third kappa shape index (κ3) is 4.27. The SMILES string of the molecule is Cc1cccc(OC2c3ccccc3CCC2(NC(=O)OC(C)(C)C)C(=O)O)c1C. The summed E-state index contributed by atoms with van der Waals surface area (Å²) < 4.78 is 11.7. The smallest absolute Gasteiger partial charge is 0.408 e. The van der Waals surface area contributed by atoms with Gasteiger partial charge in [0.15, 0.2) is 11.6 Å². The van der Waals surface area contributed by atoms with Crippen LogP contribution in [0.5, 0.6) is 5.75 Å². The highest BCUT2D eigenvalue weighted by Crippen LogP contribution is 2.42. The van der Waals surface area contributed by atoms with Gasteiger partial charge in [0.25, 0.3) is 0 Å². The Morgan fingerprint density at radius 3 is 2.47 bits per heavy atom. The van der Waals surface area contributed by atoms with Gasteiger partial charge in [-0.1, -0.05) is 36.4 Å². The Hall–Kier alpha value is -3.02. The quantitative estimate of drug-likeness (QED) is 0.761. The fourth-order valence-corrected chi connectivity index (χ4v) is 3.78. The number of amides is 1. The first-order valence-electron chi connectivity index (χ1n) is 10.1. The molecule has 1 amide bonds. The Balaban J connectivity index is 2.08. The van der Waals surface area contributed by atoms with Crippen LogP contribution in [0.1, 0.15) is 55.5 Å². The molecule has 1 aliphatic carbocycles. The summed E-state index contributed by atoms with van der Waals surface area (Å²) in [5, 5.41) is 12.9. The minimum absolute atomic E-state index is 0.189. The monoisotopic (exact) mass is 411 g/mol. The molecule has 0 aromatic heterocycles. The number of aliphatic carboxylic acids is 1. The van der Waals surface area contributed by atoms with E-state index in [1.54, 1.807) is 20.8 Å². The largest absolute Gasteiger partial charge is 0.482 e. The second-order valence-electron chi connectivity index (χ2n) is 8.80. The molecule has 2 N–H and O–H groups in total. The molecule has 30 heavy (non-hydrogen) atoms. The van der Waals surface area contributed by atoms with Gasteiger partial charge in [-0.2, -0.15) is 0 Å². The zero-order valence-electron chi connectivity index (χ0n) is 18.1. The molecule has 1 aliphatic rings. The molecule has 160 valence electrons. The summed E-state index contributed by atoms with van der Waals surface area (Å²) in [6.07, 6.45) is -0.995. The van der Waals surface area contributed by atoms with E-state index in [2.05, 4.69) is 5.32 Å². The number of ether oxygens (including phenoxy) is 2. The summed E-state index contributed by atoms with van der Waals surface area (Å²) in [6.45, 7) is 9.12. The maximum Gasteiger partial charge on any atom is 0.408 e. The number of fused-ring (bicyclic) bond motifs is 1. The van der Waals surface area contributed by atoms with Crippen molar-refractivity contribution in [3.05, 3.63) is 64.7 Å². The molecule has 2 aromatic rings. The first-order chi connectivity index (χ1) is 14.0. The number of carbonyl (C=O) groups excluding carboxylic acids is 1. The molecule has 2 atom stereocenters. The predicted octanol–water partition coefficient (Wildman–Crippen LogP) is 4.72. The third-order valence-electron chi connectivity index (χ3n) is 5.48. The molecule has 0 bridgehead atoms. The summed E-state index contributed by atoms with van der Waals surface area (Å²) in [6, 6.07) is 13.3. The standard InChI is InChI=1S/C24H29NO5/c1-15-9-8-12-19(16(15)2)29-20-18-11-7-6-10-17(18)13-14-24(20,21(26)27)25-22(28)30-23(3,4)5/h6-12,20H,13-14H2,1-5H3,(H,25,28)(H,26,27). The van der Waals surface area contributed by atoms with Crippen molar-refractivity contribution in [2.24, 2.45) is 0 Å². The van der Waals surface area contributed by atoms with E-state index < -0.39 is 29.3 Å². The minimum atomic E-state index is -1.66. The lowest BCUT2D eigenvalue weighted by Crippen LogP contribution is -2.62. The first kappa shape index (κ1) is 21.7. The van der Waals surface area contributed by atoms with Crippen LogP contribution in [0.3, 0.4) is 0 Å². The number of carboxylic acids is 1. The van der Waals surface area contributed by atoms with E-state index in [1.165, 1.54) is 0 Å². The van der Waals surface area contributed by atoms with E-state index in [1.807, 2.05) is 56.3 Å². The number of aryl methyl sites for hydroxylation is 2. The van der Waals surface area contributed by atoms with Crippen LogP contribution >= 0.6 is 0 Å². The number of nitrogens with one attached hydrogen (secondary N) is 1. The number of carboxylic acid groups (broad SMARTS) is 1. The van der Waals surface area contributed by atoms with Gasteiger partial charge in [0.2, 0.25) is 0 Å². The zero-order chi connectivity index (χ0) is 22.1. The van der Waals surface area contributed by atoms with Gasteiger partial charge in [-0.3, -0.25) is 0 Å². The van der Waals surface area contributed by atoms with Crippen molar-refractivity contribution in [3.63, 3.8) is 0 Å². The second-order valence-corrected chi connectivity index (χ2v) is 8.80. The van der Waals surface area contributed by atoms with E-state index in [-0.39, 0.29) is 6.42 Å². The molecule has 0 fully saturated rings. The van der Waals surface area contributed by atoms with Crippen LogP contribution in [-0.4, -0.2) is 28.3 Å². The fourth-order valence-electron chi connectivity index (χ4n) is 3.78. The lowest BCUT2D eigenvalue weighted by atomic mass is 9.75. The molecule has 0 heterocycles. The number of rotatable bonds is 4. The third-order valence-corrected chi connectivity index (χ3v) is 5.48. The van der Waals surface area contributed by atoms with Crippen molar-refractivity contribution in [2.45, 2.75) is 64.7 Å². The predicted molar refractivity (Wildman–Crippen MR) is 114 cm³/mol. The molecular weight excluding hydrogens is 382 g/mol. The molecule has 6 heteroatoms. The highest BCUT2D eigenvalue weighted by molar-refractivity contribution is 5.86. The van der Waals surface area contributed by atoms with Crippen LogP contribution < -0.4 is 10.1 Å². The van der Waals surface area contributed by atoms with Crippen LogP contribution in [0.2, 0.25) is 0 Å². The van der Waals surface area contributed by atoms with Crippen molar-refractivity contribution in [2.75, 3.05) is 0 Å². The summed E-state index contributed by atoms with van der Waals surface area (Å²) in [7, 11) is 0. The fraction of sp³-hybridized carbons (Fsp3) is 0.417. The first-order valence-corrected chi connectivity index (χ1v) is 10.1. The number of alkyl carbamates (subject to hydrolysis) is 1. The van der Waals surface area contributed by atoms with Crippen molar-refractivity contribution in [1.82, 2.24) is 5.32 Å². The van der Waals surface area contributed by atoms with E-state index in [4.69, 9.17) is 9.47 Å². The van der Waals surface area contributed by atoms with Gasteiger partial charge in [-0.05, 0) is 75.8 Å². The van der Waals surface area contributed by atoms with Crippen molar-refractivity contribution in [1.29, 1.82) is 0 Å². The Bertz CT molecular complexity index is 962. The average molecular weight is 411 g/mol. The van der Waals surface area contributed by atoms with Crippen molar-refractivity contribution in [3.8, 4) is 5.75 Å². The molecule has 6 nitrogen and oxygen atoms in total. The average Bonchev–Trinajstić information content (AvgIpc) is 2.65. The lowest BCUT2D eigenvalue weighted by Gasteiger charge is -2.42. The Morgan fingerprint density at radius 1 is 1.10 bits per heavy atom.